The summed E-state index contributed by atoms with van der Waals surface area (Å²) in [4.78, 5) is 2.54. The van der Waals surface area contributed by atoms with Crippen molar-refractivity contribution >= 4 is 0 Å². The summed E-state index contributed by atoms with van der Waals surface area (Å²) in [6, 6.07) is 1.47. The van der Waals surface area contributed by atoms with Gasteiger partial charge in [-0.3, -0.25) is 0 Å². The van der Waals surface area contributed by atoms with Crippen LogP contribution in [0.25, 0.3) is 0 Å². The van der Waals surface area contributed by atoms with Gasteiger partial charge in [0.2, 0.25) is 0 Å². The standard InChI is InChI=1S/C12H26N2/c1-10-8-11(6-7-13-10)14(5)9-12(2,3)4/h10-11,13H,6-9H2,1-5H3. The fourth-order valence-corrected chi connectivity index (χ4v) is 2.38. The number of hydrogen-bond acceptors (Lipinski definition) is 2. The Morgan fingerprint density at radius 1 is 1.36 bits per heavy atom. The lowest BCUT2D eigenvalue weighted by molar-refractivity contribution is 0.134. The largest absolute Gasteiger partial charge is 0.314 e. The molecule has 1 heterocycles. The molecule has 0 aromatic rings. The third kappa shape index (κ3) is 3.97. The fourth-order valence-electron chi connectivity index (χ4n) is 2.38. The molecule has 1 fully saturated rings. The lowest BCUT2D eigenvalue weighted by atomic mass is 9.93. The van der Waals surface area contributed by atoms with Gasteiger partial charge in [0.05, 0.1) is 0 Å². The van der Waals surface area contributed by atoms with Crippen LogP contribution in [0, 0.1) is 5.41 Å². The van der Waals surface area contributed by atoms with Crippen molar-refractivity contribution in [2.24, 2.45) is 5.41 Å². The SMILES string of the molecule is CC1CC(N(C)CC(C)(C)C)CCN1. The van der Waals surface area contributed by atoms with Crippen LogP contribution in [0.2, 0.25) is 0 Å². The molecule has 1 rings (SSSR count). The number of rotatable bonds is 2. The fraction of sp³-hybridized carbons (Fsp3) is 1.00. The van der Waals surface area contributed by atoms with Crippen molar-refractivity contribution in [1.82, 2.24) is 10.2 Å². The molecule has 2 heteroatoms. The van der Waals surface area contributed by atoms with Crippen molar-refractivity contribution in [3.63, 3.8) is 0 Å². The molecule has 84 valence electrons. The summed E-state index contributed by atoms with van der Waals surface area (Å²) >= 11 is 0. The molecular formula is C12H26N2. The topological polar surface area (TPSA) is 15.3 Å². The van der Waals surface area contributed by atoms with Crippen LogP contribution in [0.4, 0.5) is 0 Å². The molecule has 2 atom stereocenters. The first-order chi connectivity index (χ1) is 6.38. The van der Waals surface area contributed by atoms with Gasteiger partial charge < -0.3 is 10.2 Å². The van der Waals surface area contributed by atoms with Crippen molar-refractivity contribution in [1.29, 1.82) is 0 Å². The van der Waals surface area contributed by atoms with E-state index >= 15 is 0 Å². The Kier molecular flexibility index (Phi) is 3.96. The first kappa shape index (κ1) is 12.0. The van der Waals surface area contributed by atoms with Gasteiger partial charge >= 0.3 is 0 Å². The quantitative estimate of drug-likeness (QED) is 0.731. The maximum absolute atomic E-state index is 3.50. The van der Waals surface area contributed by atoms with Crippen LogP contribution in [0.1, 0.15) is 40.5 Å². The molecule has 2 unspecified atom stereocenters. The minimum atomic E-state index is 0.420. The average Bonchev–Trinajstić information content (AvgIpc) is 2.01. The van der Waals surface area contributed by atoms with Gasteiger partial charge in [0.25, 0.3) is 0 Å². The Morgan fingerprint density at radius 3 is 2.50 bits per heavy atom. The van der Waals surface area contributed by atoms with Crippen molar-refractivity contribution < 1.29 is 0 Å². The molecule has 14 heavy (non-hydrogen) atoms. The normalized spacial score (nSPS) is 29.6. The van der Waals surface area contributed by atoms with E-state index in [4.69, 9.17) is 0 Å². The Morgan fingerprint density at radius 2 is 2.00 bits per heavy atom. The van der Waals surface area contributed by atoms with E-state index in [0.717, 1.165) is 6.04 Å². The van der Waals surface area contributed by atoms with Crippen molar-refractivity contribution in [2.75, 3.05) is 20.1 Å². The van der Waals surface area contributed by atoms with Gasteiger partial charge in [-0.25, -0.2) is 0 Å². The van der Waals surface area contributed by atoms with Gasteiger partial charge in [-0.05, 0) is 38.8 Å². The molecule has 0 aliphatic carbocycles. The predicted molar refractivity (Wildman–Crippen MR) is 62.6 cm³/mol. The highest BCUT2D eigenvalue weighted by atomic mass is 15.1. The molecule has 0 amide bonds. The van der Waals surface area contributed by atoms with Crippen LogP contribution in [-0.2, 0) is 0 Å². The molecule has 1 saturated heterocycles. The van der Waals surface area contributed by atoms with Crippen LogP contribution >= 0.6 is 0 Å². The van der Waals surface area contributed by atoms with E-state index in [1.54, 1.807) is 0 Å². The second-order valence-electron chi connectivity index (χ2n) is 6.01. The molecule has 0 spiro atoms. The Bertz CT molecular complexity index is 172. The molecule has 0 aromatic carbocycles. The van der Waals surface area contributed by atoms with E-state index in [1.807, 2.05) is 0 Å². The third-order valence-corrected chi connectivity index (χ3v) is 2.94. The summed E-state index contributed by atoms with van der Waals surface area (Å²) in [5.74, 6) is 0. The van der Waals surface area contributed by atoms with E-state index in [9.17, 15) is 0 Å². The van der Waals surface area contributed by atoms with Gasteiger partial charge in [0, 0.05) is 18.6 Å². The highest BCUT2D eigenvalue weighted by Gasteiger charge is 2.24. The van der Waals surface area contributed by atoms with Gasteiger partial charge in [-0.2, -0.15) is 0 Å². The lowest BCUT2D eigenvalue weighted by Crippen LogP contribution is -2.47. The minimum Gasteiger partial charge on any atom is -0.314 e. The number of nitrogens with zero attached hydrogens (tertiary/aromatic N) is 1. The minimum absolute atomic E-state index is 0.420. The maximum atomic E-state index is 3.50. The van der Waals surface area contributed by atoms with Gasteiger partial charge in [-0.15, -0.1) is 0 Å². The lowest BCUT2D eigenvalue weighted by Gasteiger charge is -2.37. The number of hydrogen-bond donors (Lipinski definition) is 1. The number of nitrogens with one attached hydrogen (secondary N) is 1. The highest BCUT2D eigenvalue weighted by molar-refractivity contribution is 4.82. The van der Waals surface area contributed by atoms with Gasteiger partial charge in [-0.1, -0.05) is 20.8 Å². The van der Waals surface area contributed by atoms with Crippen LogP contribution in [-0.4, -0.2) is 37.1 Å². The molecule has 1 aliphatic rings. The van der Waals surface area contributed by atoms with Crippen molar-refractivity contribution in [3.8, 4) is 0 Å². The summed E-state index contributed by atoms with van der Waals surface area (Å²) in [5.41, 5.74) is 0.420. The molecule has 2 nitrogen and oxygen atoms in total. The summed E-state index contributed by atoms with van der Waals surface area (Å²) in [6.45, 7) is 11.6. The molecule has 0 radical (unpaired) electrons. The van der Waals surface area contributed by atoms with E-state index in [2.05, 4.69) is 45.0 Å². The first-order valence-electron chi connectivity index (χ1n) is 5.82. The van der Waals surface area contributed by atoms with E-state index in [-0.39, 0.29) is 0 Å². The van der Waals surface area contributed by atoms with Crippen molar-refractivity contribution in [2.45, 2.75) is 52.6 Å². The second kappa shape index (κ2) is 4.63. The Hall–Kier alpha value is -0.0800. The van der Waals surface area contributed by atoms with Gasteiger partial charge in [0.1, 0.15) is 0 Å². The molecule has 0 aromatic heterocycles. The predicted octanol–water partition coefficient (Wildman–Crippen LogP) is 2.10. The Labute approximate surface area is 89.1 Å². The van der Waals surface area contributed by atoms with E-state index in [1.165, 1.54) is 25.9 Å². The molecule has 0 saturated carbocycles. The molecule has 1 N–H and O–H groups in total. The zero-order valence-electron chi connectivity index (χ0n) is 10.4. The molecule has 0 bridgehead atoms. The summed E-state index contributed by atoms with van der Waals surface area (Å²) in [6.07, 6.45) is 2.60. The first-order valence-corrected chi connectivity index (χ1v) is 5.82. The van der Waals surface area contributed by atoms with E-state index in [0.29, 0.717) is 11.5 Å². The van der Waals surface area contributed by atoms with Crippen molar-refractivity contribution in [3.05, 3.63) is 0 Å². The van der Waals surface area contributed by atoms with E-state index < -0.39 is 0 Å². The average molecular weight is 198 g/mol. The smallest absolute Gasteiger partial charge is 0.0119 e. The Balaban J connectivity index is 2.39. The zero-order chi connectivity index (χ0) is 10.8. The van der Waals surface area contributed by atoms with Crippen LogP contribution in [0.5, 0.6) is 0 Å². The third-order valence-electron chi connectivity index (χ3n) is 2.94. The van der Waals surface area contributed by atoms with Crippen LogP contribution < -0.4 is 5.32 Å². The monoisotopic (exact) mass is 198 g/mol. The molecule has 1 aliphatic heterocycles. The molecular weight excluding hydrogens is 172 g/mol. The highest BCUT2D eigenvalue weighted by Crippen LogP contribution is 2.20. The summed E-state index contributed by atoms with van der Waals surface area (Å²) in [7, 11) is 2.27. The number of piperidine rings is 1. The summed E-state index contributed by atoms with van der Waals surface area (Å²) in [5, 5.41) is 3.50. The van der Waals surface area contributed by atoms with Gasteiger partial charge in [0.15, 0.2) is 0 Å². The zero-order valence-corrected chi connectivity index (χ0v) is 10.4. The second-order valence-corrected chi connectivity index (χ2v) is 6.01. The maximum Gasteiger partial charge on any atom is 0.0119 e. The van der Waals surface area contributed by atoms with Crippen LogP contribution in [0.15, 0.2) is 0 Å². The van der Waals surface area contributed by atoms with Crippen LogP contribution in [0.3, 0.4) is 0 Å². The summed E-state index contributed by atoms with van der Waals surface area (Å²) < 4.78 is 0.